The lowest BCUT2D eigenvalue weighted by Gasteiger charge is -2.06. The molecule has 1 amide bonds. The Bertz CT molecular complexity index is 366. The van der Waals surface area contributed by atoms with Crippen molar-refractivity contribution in [2.45, 2.75) is 18.9 Å². The molecule has 80 valence electrons. The number of amides is 1. The molecule has 15 heavy (non-hydrogen) atoms. The summed E-state index contributed by atoms with van der Waals surface area (Å²) in [5.41, 5.74) is 0. The van der Waals surface area contributed by atoms with Gasteiger partial charge in [-0.05, 0) is 25.0 Å². The first-order chi connectivity index (χ1) is 7.25. The van der Waals surface area contributed by atoms with Gasteiger partial charge in [-0.25, -0.2) is 4.98 Å². The third-order valence-corrected chi connectivity index (χ3v) is 2.03. The zero-order valence-corrected chi connectivity index (χ0v) is 8.07. The van der Waals surface area contributed by atoms with Crippen LogP contribution in [-0.2, 0) is 4.79 Å². The second-order valence-corrected chi connectivity index (χ2v) is 3.42. The summed E-state index contributed by atoms with van der Waals surface area (Å²) in [6.07, 6.45) is 3.37. The van der Waals surface area contributed by atoms with Crippen LogP contribution in [0.2, 0.25) is 0 Å². The van der Waals surface area contributed by atoms with Gasteiger partial charge in [0.25, 0.3) is 11.9 Å². The summed E-state index contributed by atoms with van der Waals surface area (Å²) in [7, 11) is 0. The molecule has 2 rings (SSSR count). The number of hydrogen-bond acceptors (Lipinski definition) is 3. The minimum Gasteiger partial charge on any atom is -0.479 e. The zero-order chi connectivity index (χ0) is 10.7. The van der Waals surface area contributed by atoms with Gasteiger partial charge in [0.2, 0.25) is 0 Å². The van der Waals surface area contributed by atoms with E-state index in [-0.39, 0.29) is 18.3 Å². The first-order valence-corrected chi connectivity index (χ1v) is 4.78. The van der Waals surface area contributed by atoms with Crippen LogP contribution in [0.1, 0.15) is 12.8 Å². The fourth-order valence-corrected chi connectivity index (χ4v) is 1.12. The average Bonchev–Trinajstić information content (AvgIpc) is 3.00. The van der Waals surface area contributed by atoms with Crippen molar-refractivity contribution in [3.8, 4) is 5.75 Å². The Morgan fingerprint density at radius 3 is 3.13 bits per heavy atom. The van der Waals surface area contributed by atoms with Gasteiger partial charge in [-0.1, -0.05) is 0 Å². The van der Waals surface area contributed by atoms with Crippen LogP contribution in [0, 0.1) is 5.95 Å². The topological polar surface area (TPSA) is 51.2 Å². The predicted molar refractivity (Wildman–Crippen MR) is 50.9 cm³/mol. The van der Waals surface area contributed by atoms with E-state index in [0.717, 1.165) is 12.8 Å². The van der Waals surface area contributed by atoms with E-state index in [2.05, 4.69) is 10.3 Å². The highest BCUT2D eigenvalue weighted by molar-refractivity contribution is 5.78. The Morgan fingerprint density at radius 1 is 1.67 bits per heavy atom. The summed E-state index contributed by atoms with van der Waals surface area (Å²) >= 11 is 0. The first-order valence-electron chi connectivity index (χ1n) is 4.78. The van der Waals surface area contributed by atoms with Crippen LogP contribution in [-0.4, -0.2) is 23.5 Å². The van der Waals surface area contributed by atoms with Crippen LogP contribution >= 0.6 is 0 Å². The third kappa shape index (κ3) is 2.90. The van der Waals surface area contributed by atoms with Gasteiger partial charge in [-0.3, -0.25) is 4.79 Å². The molecule has 1 aliphatic carbocycles. The highest BCUT2D eigenvalue weighted by Gasteiger charge is 2.23. The van der Waals surface area contributed by atoms with Gasteiger partial charge in [-0.2, -0.15) is 4.39 Å². The van der Waals surface area contributed by atoms with Crippen LogP contribution in [0.4, 0.5) is 4.39 Å². The molecule has 1 fully saturated rings. The van der Waals surface area contributed by atoms with Crippen LogP contribution in [0.25, 0.3) is 0 Å². The first kappa shape index (κ1) is 9.89. The maximum Gasteiger partial charge on any atom is 0.258 e. The van der Waals surface area contributed by atoms with E-state index in [9.17, 15) is 9.18 Å². The third-order valence-electron chi connectivity index (χ3n) is 2.03. The SMILES string of the molecule is O=C(COc1cccnc1F)NC1CC1. The molecule has 0 spiro atoms. The van der Waals surface area contributed by atoms with Gasteiger partial charge >= 0.3 is 0 Å². The summed E-state index contributed by atoms with van der Waals surface area (Å²) in [5.74, 6) is -0.916. The fraction of sp³-hybridized carbons (Fsp3) is 0.400. The Hall–Kier alpha value is -1.65. The van der Waals surface area contributed by atoms with Crippen LogP contribution in [0.3, 0.4) is 0 Å². The summed E-state index contributed by atoms with van der Waals surface area (Å²) in [4.78, 5) is 14.6. The van der Waals surface area contributed by atoms with Crippen LogP contribution in [0.5, 0.6) is 5.75 Å². The fourth-order valence-electron chi connectivity index (χ4n) is 1.12. The Balaban J connectivity index is 1.81. The summed E-state index contributed by atoms with van der Waals surface area (Å²) in [6, 6.07) is 3.28. The van der Waals surface area contributed by atoms with Crippen molar-refractivity contribution in [3.05, 3.63) is 24.3 Å². The number of hydrogen-bond donors (Lipinski definition) is 1. The molecular formula is C10H11FN2O2. The summed E-state index contributed by atoms with van der Waals surface area (Å²) in [5, 5.41) is 2.74. The summed E-state index contributed by atoms with van der Waals surface area (Å²) < 4.78 is 17.9. The Labute approximate surface area is 86.5 Å². The lowest BCUT2D eigenvalue weighted by Crippen LogP contribution is -2.30. The highest BCUT2D eigenvalue weighted by Crippen LogP contribution is 2.18. The normalized spacial score (nSPS) is 14.7. The average molecular weight is 210 g/mol. The van der Waals surface area contributed by atoms with E-state index in [1.165, 1.54) is 12.3 Å². The molecule has 5 heteroatoms. The van der Waals surface area contributed by atoms with Crippen molar-refractivity contribution in [2.24, 2.45) is 0 Å². The van der Waals surface area contributed by atoms with Crippen molar-refractivity contribution < 1.29 is 13.9 Å². The lowest BCUT2D eigenvalue weighted by molar-refractivity contribution is -0.123. The number of carbonyl (C=O) groups excluding carboxylic acids is 1. The van der Waals surface area contributed by atoms with Gasteiger partial charge in [0.15, 0.2) is 12.4 Å². The maximum absolute atomic E-state index is 12.9. The Kier molecular flexibility index (Phi) is 2.80. The molecule has 1 heterocycles. The molecule has 0 atom stereocenters. The maximum atomic E-state index is 12.9. The molecule has 1 aliphatic rings. The molecule has 0 aromatic carbocycles. The molecule has 0 saturated heterocycles. The largest absolute Gasteiger partial charge is 0.479 e. The summed E-state index contributed by atoms with van der Waals surface area (Å²) in [6.45, 7) is -0.168. The van der Waals surface area contributed by atoms with E-state index in [4.69, 9.17) is 4.74 Å². The van der Waals surface area contributed by atoms with Gasteiger partial charge in [0, 0.05) is 12.2 Å². The number of carbonyl (C=O) groups is 1. The number of rotatable bonds is 4. The van der Waals surface area contributed by atoms with E-state index < -0.39 is 5.95 Å². The predicted octanol–water partition coefficient (Wildman–Crippen LogP) is 0.878. The molecule has 0 aliphatic heterocycles. The second kappa shape index (κ2) is 4.25. The number of pyridine rings is 1. The molecule has 1 N–H and O–H groups in total. The van der Waals surface area contributed by atoms with Gasteiger partial charge in [-0.15, -0.1) is 0 Å². The number of aromatic nitrogens is 1. The van der Waals surface area contributed by atoms with Crippen molar-refractivity contribution in [2.75, 3.05) is 6.61 Å². The number of halogens is 1. The van der Waals surface area contributed by atoms with Crippen molar-refractivity contribution in [1.29, 1.82) is 0 Å². The standard InChI is InChI=1S/C10H11FN2O2/c11-10-8(2-1-5-12-10)15-6-9(14)13-7-3-4-7/h1-2,5,7H,3-4,6H2,(H,13,14). The number of nitrogens with zero attached hydrogens (tertiary/aromatic N) is 1. The van der Waals surface area contributed by atoms with E-state index >= 15 is 0 Å². The molecule has 1 saturated carbocycles. The zero-order valence-electron chi connectivity index (χ0n) is 8.07. The second-order valence-electron chi connectivity index (χ2n) is 3.42. The molecule has 0 radical (unpaired) electrons. The molecule has 1 aromatic rings. The van der Waals surface area contributed by atoms with Gasteiger partial charge < -0.3 is 10.1 Å². The van der Waals surface area contributed by atoms with Crippen molar-refractivity contribution in [3.63, 3.8) is 0 Å². The van der Waals surface area contributed by atoms with E-state index in [1.807, 2.05) is 0 Å². The Morgan fingerprint density at radius 2 is 2.47 bits per heavy atom. The minimum atomic E-state index is -0.697. The van der Waals surface area contributed by atoms with E-state index in [0.29, 0.717) is 6.04 Å². The minimum absolute atomic E-state index is 0.00319. The highest BCUT2D eigenvalue weighted by atomic mass is 19.1. The van der Waals surface area contributed by atoms with Gasteiger partial charge in [0.05, 0.1) is 0 Å². The number of ether oxygens (including phenoxy) is 1. The molecule has 0 unspecified atom stereocenters. The number of nitrogens with one attached hydrogen (secondary N) is 1. The van der Waals surface area contributed by atoms with Crippen LogP contribution < -0.4 is 10.1 Å². The molecule has 1 aromatic heterocycles. The van der Waals surface area contributed by atoms with Crippen molar-refractivity contribution in [1.82, 2.24) is 10.3 Å². The van der Waals surface area contributed by atoms with Crippen molar-refractivity contribution >= 4 is 5.91 Å². The molecule has 0 bridgehead atoms. The lowest BCUT2D eigenvalue weighted by atomic mass is 10.4. The van der Waals surface area contributed by atoms with Gasteiger partial charge in [0.1, 0.15) is 0 Å². The molecule has 4 nitrogen and oxygen atoms in total. The quantitative estimate of drug-likeness (QED) is 0.750. The van der Waals surface area contributed by atoms with E-state index in [1.54, 1.807) is 6.07 Å². The monoisotopic (exact) mass is 210 g/mol. The van der Waals surface area contributed by atoms with Crippen LogP contribution in [0.15, 0.2) is 18.3 Å². The smallest absolute Gasteiger partial charge is 0.258 e. The molecular weight excluding hydrogens is 199 g/mol.